The van der Waals surface area contributed by atoms with Crippen molar-refractivity contribution in [1.29, 1.82) is 0 Å². The largest absolute Gasteiger partial charge is 0.377 e. The zero-order valence-corrected chi connectivity index (χ0v) is 13.0. The van der Waals surface area contributed by atoms with Crippen LogP contribution in [0.3, 0.4) is 0 Å². The summed E-state index contributed by atoms with van der Waals surface area (Å²) in [6.45, 7) is 7.79. The molecule has 5 nitrogen and oxygen atoms in total. The predicted molar refractivity (Wildman–Crippen MR) is 80.6 cm³/mol. The van der Waals surface area contributed by atoms with Crippen LogP contribution in [0.1, 0.15) is 43.5 Å². The van der Waals surface area contributed by atoms with Crippen molar-refractivity contribution in [3.05, 3.63) is 17.5 Å². The van der Waals surface area contributed by atoms with Gasteiger partial charge < -0.3 is 10.5 Å². The van der Waals surface area contributed by atoms with Crippen molar-refractivity contribution in [2.24, 2.45) is 12.8 Å². The van der Waals surface area contributed by atoms with Crippen molar-refractivity contribution in [1.82, 2.24) is 14.7 Å². The molecule has 1 aliphatic heterocycles. The Morgan fingerprint density at radius 2 is 2.35 bits per heavy atom. The number of hydrogen-bond acceptors (Lipinski definition) is 4. The van der Waals surface area contributed by atoms with Crippen molar-refractivity contribution in [2.45, 2.75) is 45.3 Å². The van der Waals surface area contributed by atoms with Gasteiger partial charge in [0.1, 0.15) is 0 Å². The number of likely N-dealkylation sites (tertiary alicyclic amines) is 1. The van der Waals surface area contributed by atoms with Gasteiger partial charge in [-0.3, -0.25) is 9.58 Å². The molecular weight excluding hydrogens is 252 g/mol. The fourth-order valence-corrected chi connectivity index (χ4v) is 3.09. The second-order valence-corrected chi connectivity index (χ2v) is 5.72. The molecule has 0 aliphatic carbocycles. The summed E-state index contributed by atoms with van der Waals surface area (Å²) in [7, 11) is 1.97. The van der Waals surface area contributed by atoms with Gasteiger partial charge in [-0.05, 0) is 32.7 Å². The Morgan fingerprint density at radius 3 is 2.95 bits per heavy atom. The lowest BCUT2D eigenvalue weighted by molar-refractivity contribution is -0.0119. The van der Waals surface area contributed by atoms with Crippen LogP contribution in [-0.4, -0.2) is 47.0 Å². The fraction of sp³-hybridized carbons (Fsp3) is 0.800. The molecule has 2 heterocycles. The van der Waals surface area contributed by atoms with Gasteiger partial charge in [0, 0.05) is 38.5 Å². The van der Waals surface area contributed by atoms with E-state index in [1.165, 1.54) is 18.4 Å². The summed E-state index contributed by atoms with van der Waals surface area (Å²) in [5, 5.41) is 4.45. The van der Waals surface area contributed by atoms with Gasteiger partial charge in [-0.2, -0.15) is 5.10 Å². The Kier molecular flexibility index (Phi) is 5.57. The van der Waals surface area contributed by atoms with E-state index in [4.69, 9.17) is 10.5 Å². The number of nitrogens with zero attached hydrogens (tertiary/aromatic N) is 3. The lowest BCUT2D eigenvalue weighted by atomic mass is 10.0. The first kappa shape index (κ1) is 15.5. The van der Waals surface area contributed by atoms with E-state index in [1.54, 1.807) is 0 Å². The van der Waals surface area contributed by atoms with Crippen LogP contribution in [0.15, 0.2) is 6.20 Å². The first-order valence-corrected chi connectivity index (χ1v) is 7.71. The Balaban J connectivity index is 2.05. The van der Waals surface area contributed by atoms with Crippen LogP contribution >= 0.6 is 0 Å². The lowest BCUT2D eigenvalue weighted by Crippen LogP contribution is -2.44. The summed E-state index contributed by atoms with van der Waals surface area (Å²) in [4.78, 5) is 2.47. The fourth-order valence-electron chi connectivity index (χ4n) is 3.09. The molecule has 2 N–H and O–H groups in total. The quantitative estimate of drug-likeness (QED) is 0.860. The van der Waals surface area contributed by atoms with Crippen molar-refractivity contribution < 1.29 is 4.74 Å². The zero-order chi connectivity index (χ0) is 14.5. The van der Waals surface area contributed by atoms with Crippen molar-refractivity contribution in [3.63, 3.8) is 0 Å². The molecule has 114 valence electrons. The van der Waals surface area contributed by atoms with Gasteiger partial charge in [0.2, 0.25) is 0 Å². The number of hydrogen-bond donors (Lipinski definition) is 1. The minimum atomic E-state index is 0.261. The second-order valence-electron chi connectivity index (χ2n) is 5.72. The van der Waals surface area contributed by atoms with E-state index in [-0.39, 0.29) is 6.04 Å². The highest BCUT2D eigenvalue weighted by Gasteiger charge is 2.28. The summed E-state index contributed by atoms with van der Waals surface area (Å²) in [5.41, 5.74) is 8.38. The van der Waals surface area contributed by atoms with Gasteiger partial charge in [-0.1, -0.05) is 6.92 Å². The molecule has 0 radical (unpaired) electrons. The van der Waals surface area contributed by atoms with Crippen LogP contribution in [0.4, 0.5) is 0 Å². The number of piperidine rings is 1. The predicted octanol–water partition coefficient (Wildman–Crippen LogP) is 1.62. The molecule has 2 rings (SSSR count). The van der Waals surface area contributed by atoms with E-state index < -0.39 is 0 Å². The summed E-state index contributed by atoms with van der Waals surface area (Å²) in [5.74, 6) is 0. The summed E-state index contributed by atoms with van der Waals surface area (Å²) in [6, 6.07) is 0.261. The Labute approximate surface area is 122 Å². The number of rotatable bonds is 6. The van der Waals surface area contributed by atoms with Gasteiger partial charge in [-0.25, -0.2) is 0 Å². The molecule has 0 aromatic carbocycles. The molecule has 2 unspecified atom stereocenters. The molecule has 1 saturated heterocycles. The topological polar surface area (TPSA) is 56.3 Å². The number of ether oxygens (including phenoxy) is 1. The number of aromatic nitrogens is 2. The molecule has 0 saturated carbocycles. The maximum Gasteiger partial charge on any atom is 0.0702 e. The molecule has 1 aromatic rings. The summed E-state index contributed by atoms with van der Waals surface area (Å²) < 4.78 is 7.80. The highest BCUT2D eigenvalue weighted by Crippen LogP contribution is 2.26. The molecule has 1 aliphatic rings. The maximum atomic E-state index is 6.04. The van der Waals surface area contributed by atoms with E-state index in [1.807, 2.05) is 11.7 Å². The minimum absolute atomic E-state index is 0.261. The average molecular weight is 280 g/mol. The lowest BCUT2D eigenvalue weighted by Gasteiger charge is -2.37. The van der Waals surface area contributed by atoms with Crippen LogP contribution in [-0.2, 0) is 11.8 Å². The zero-order valence-electron chi connectivity index (χ0n) is 13.0. The third-order valence-electron chi connectivity index (χ3n) is 4.04. The van der Waals surface area contributed by atoms with Crippen LogP contribution in [0.2, 0.25) is 0 Å². The molecule has 20 heavy (non-hydrogen) atoms. The SMILES string of the molecule is CCCOC1CCCN(C(CN)c2cn(C)nc2C)C1. The monoisotopic (exact) mass is 280 g/mol. The van der Waals surface area contributed by atoms with E-state index in [2.05, 4.69) is 30.0 Å². The van der Waals surface area contributed by atoms with Gasteiger partial charge in [0.25, 0.3) is 0 Å². The Hall–Kier alpha value is -0.910. The first-order chi connectivity index (χ1) is 9.65. The normalized spacial score (nSPS) is 22.1. The molecule has 1 aromatic heterocycles. The number of aryl methyl sites for hydroxylation is 2. The number of nitrogens with two attached hydrogens (primary N) is 1. The molecule has 2 atom stereocenters. The Bertz CT molecular complexity index is 418. The van der Waals surface area contributed by atoms with Crippen LogP contribution in [0.5, 0.6) is 0 Å². The highest BCUT2D eigenvalue weighted by molar-refractivity contribution is 5.21. The molecule has 0 spiro atoms. The van der Waals surface area contributed by atoms with Crippen molar-refractivity contribution >= 4 is 0 Å². The highest BCUT2D eigenvalue weighted by atomic mass is 16.5. The third kappa shape index (κ3) is 3.59. The standard InChI is InChI=1S/C15H28N4O/c1-4-8-20-13-6-5-7-19(10-13)15(9-16)14-11-18(3)17-12(14)2/h11,13,15H,4-10,16H2,1-3H3. The summed E-state index contributed by atoms with van der Waals surface area (Å²) in [6.07, 6.45) is 5.89. The van der Waals surface area contributed by atoms with Gasteiger partial charge in [-0.15, -0.1) is 0 Å². The first-order valence-electron chi connectivity index (χ1n) is 7.71. The molecular formula is C15H28N4O. The van der Waals surface area contributed by atoms with Crippen molar-refractivity contribution in [3.8, 4) is 0 Å². The smallest absolute Gasteiger partial charge is 0.0702 e. The van der Waals surface area contributed by atoms with E-state index in [9.17, 15) is 0 Å². The van der Waals surface area contributed by atoms with Gasteiger partial charge in [0.15, 0.2) is 0 Å². The van der Waals surface area contributed by atoms with Crippen LogP contribution in [0.25, 0.3) is 0 Å². The Morgan fingerprint density at radius 1 is 1.55 bits per heavy atom. The summed E-state index contributed by atoms with van der Waals surface area (Å²) >= 11 is 0. The molecule has 1 fully saturated rings. The van der Waals surface area contributed by atoms with Gasteiger partial charge in [0.05, 0.1) is 17.8 Å². The van der Waals surface area contributed by atoms with Crippen LogP contribution < -0.4 is 5.73 Å². The third-order valence-corrected chi connectivity index (χ3v) is 4.04. The maximum absolute atomic E-state index is 6.04. The van der Waals surface area contributed by atoms with E-state index >= 15 is 0 Å². The van der Waals surface area contributed by atoms with Crippen molar-refractivity contribution in [2.75, 3.05) is 26.2 Å². The van der Waals surface area contributed by atoms with Gasteiger partial charge >= 0.3 is 0 Å². The average Bonchev–Trinajstić information content (AvgIpc) is 2.77. The molecule has 0 amide bonds. The minimum Gasteiger partial charge on any atom is -0.377 e. The molecule has 5 heteroatoms. The van der Waals surface area contributed by atoms with Crippen LogP contribution in [0, 0.1) is 6.92 Å². The second kappa shape index (κ2) is 7.20. The van der Waals surface area contributed by atoms with E-state index in [0.717, 1.165) is 31.8 Å². The molecule has 0 bridgehead atoms. The van der Waals surface area contributed by atoms with E-state index in [0.29, 0.717) is 12.6 Å².